The molecule has 16 nitrogen and oxygen atoms in total. The second kappa shape index (κ2) is 18.4. The van der Waals surface area contributed by atoms with E-state index in [1.54, 1.807) is 12.2 Å². The van der Waals surface area contributed by atoms with Gasteiger partial charge in [-0.3, -0.25) is 9.59 Å². The number of carbonyl (C=O) groups excluding carboxylic acids is 2. The van der Waals surface area contributed by atoms with Gasteiger partial charge < -0.3 is 64.4 Å². The van der Waals surface area contributed by atoms with Crippen LogP contribution in [0.1, 0.15) is 71.6 Å². The fraction of sp³-hybridized carbons (Fsp3) is 0.909. The quantitative estimate of drug-likeness (QED) is 0.124. The molecule has 4 aliphatic rings. The Balaban J connectivity index is 1.71. The Hall–Kier alpha value is -2.20. The average Bonchev–Trinajstić information content (AvgIpc) is 3.11. The van der Waals surface area contributed by atoms with Crippen molar-refractivity contribution in [3.05, 3.63) is 0 Å². The van der Waals surface area contributed by atoms with Crippen molar-refractivity contribution in [2.45, 2.75) is 157 Å². The first kappa shape index (κ1) is 42.5. The number of aliphatic hydroxyl groups excluding tert-OH is 5. The number of alkyl halides is 3. The Labute approximate surface area is 298 Å². The first-order valence-corrected chi connectivity index (χ1v) is 17.8. The highest BCUT2D eigenvalue weighted by molar-refractivity contribution is 5.82. The van der Waals surface area contributed by atoms with Gasteiger partial charge in [-0.25, -0.2) is 4.79 Å². The van der Waals surface area contributed by atoms with Gasteiger partial charge in [0.2, 0.25) is 0 Å². The Morgan fingerprint density at radius 3 is 2.15 bits per heavy atom. The smallest absolute Gasteiger partial charge is 0.471 e. The molecule has 0 aromatic carbocycles. The molecule has 15 atom stereocenters. The maximum atomic E-state index is 13.7. The van der Waals surface area contributed by atoms with Gasteiger partial charge in [0.05, 0.1) is 37.9 Å². The van der Waals surface area contributed by atoms with Crippen molar-refractivity contribution in [3.8, 4) is 0 Å². The van der Waals surface area contributed by atoms with Crippen LogP contribution in [0.15, 0.2) is 0 Å². The van der Waals surface area contributed by atoms with E-state index in [0.717, 1.165) is 26.4 Å². The topological polar surface area (TPSA) is 240 Å². The van der Waals surface area contributed by atoms with Crippen LogP contribution in [0.5, 0.6) is 0 Å². The summed E-state index contributed by atoms with van der Waals surface area (Å²) in [4.78, 5) is 37.6. The van der Waals surface area contributed by atoms with Crippen molar-refractivity contribution in [1.29, 1.82) is 0 Å². The summed E-state index contributed by atoms with van der Waals surface area (Å²) in [5.74, 6) is -6.07. The van der Waals surface area contributed by atoms with Crippen molar-refractivity contribution in [3.63, 3.8) is 0 Å². The lowest BCUT2D eigenvalue weighted by Gasteiger charge is -2.49. The number of aliphatic carboxylic acids is 1. The highest BCUT2D eigenvalue weighted by Crippen LogP contribution is 2.40. The fourth-order valence-electron chi connectivity index (χ4n) is 7.72. The third-order valence-electron chi connectivity index (χ3n) is 10.7. The normalized spacial score (nSPS) is 39.8. The molecule has 2 heterocycles. The zero-order valence-corrected chi connectivity index (χ0v) is 29.3. The largest absolute Gasteiger partial charge is 0.479 e. The van der Waals surface area contributed by atoms with Gasteiger partial charge in [0.1, 0.15) is 42.7 Å². The van der Waals surface area contributed by atoms with Crippen molar-refractivity contribution >= 4 is 17.8 Å². The number of amides is 1. The highest BCUT2D eigenvalue weighted by atomic mass is 19.4. The molecule has 7 unspecified atom stereocenters. The van der Waals surface area contributed by atoms with Crippen LogP contribution in [0.25, 0.3) is 0 Å². The van der Waals surface area contributed by atoms with Crippen LogP contribution in [-0.4, -0.2) is 148 Å². The number of carbonyl (C=O) groups is 3. The summed E-state index contributed by atoms with van der Waals surface area (Å²) in [5.41, 5.74) is 0. The van der Waals surface area contributed by atoms with Crippen molar-refractivity contribution < 1.29 is 86.6 Å². The van der Waals surface area contributed by atoms with Crippen LogP contribution in [0, 0.1) is 17.8 Å². The number of hydrogen-bond donors (Lipinski definition) is 7. The van der Waals surface area contributed by atoms with Gasteiger partial charge in [-0.1, -0.05) is 45.4 Å². The second-order valence-electron chi connectivity index (χ2n) is 14.2. The summed E-state index contributed by atoms with van der Waals surface area (Å²) in [6, 6.07) is -2.02. The summed E-state index contributed by atoms with van der Waals surface area (Å²) in [7, 11) is 1.16. The van der Waals surface area contributed by atoms with E-state index in [9.17, 15) is 58.2 Å². The van der Waals surface area contributed by atoms with E-state index in [1.807, 2.05) is 0 Å². The average molecular weight is 760 g/mol. The monoisotopic (exact) mass is 759 g/mol. The Bertz CT molecular complexity index is 1190. The maximum absolute atomic E-state index is 13.7. The van der Waals surface area contributed by atoms with E-state index < -0.39 is 122 Å². The summed E-state index contributed by atoms with van der Waals surface area (Å²) >= 11 is 0. The molecule has 0 aromatic heterocycles. The van der Waals surface area contributed by atoms with Crippen LogP contribution in [0.2, 0.25) is 0 Å². The molecule has 0 aromatic rings. The predicted molar refractivity (Wildman–Crippen MR) is 168 cm³/mol. The SMILES string of the molecule is CCC1CC(C(=O)OC)C[C@@H](O[C@@H]2OC(CO)[C@H](O)C(O[C@@H](CC3CCCCC3)C(=O)O)C2NC(=O)C(F)(F)F)[C@@H]1OC1O[C@@H](C)[C@H](O)C(O)[C@@H]1O. The number of halogens is 3. The number of aliphatic hydroxyl groups is 5. The minimum Gasteiger partial charge on any atom is -0.479 e. The molecule has 1 amide bonds. The van der Waals surface area contributed by atoms with Crippen LogP contribution in [0.3, 0.4) is 0 Å². The van der Waals surface area contributed by atoms with Gasteiger partial charge in [-0.05, 0) is 38.0 Å². The summed E-state index contributed by atoms with van der Waals surface area (Å²) < 4.78 is 75.7. The van der Waals surface area contributed by atoms with Crippen LogP contribution >= 0.6 is 0 Å². The molecular formula is C33H52F3NO15. The number of hydrogen-bond acceptors (Lipinski definition) is 14. The van der Waals surface area contributed by atoms with Gasteiger partial charge in [-0.15, -0.1) is 0 Å². The van der Waals surface area contributed by atoms with E-state index in [-0.39, 0.29) is 25.2 Å². The van der Waals surface area contributed by atoms with Gasteiger partial charge >= 0.3 is 24.0 Å². The maximum Gasteiger partial charge on any atom is 0.471 e. The molecule has 7 N–H and O–H groups in total. The van der Waals surface area contributed by atoms with Crippen molar-refractivity contribution in [2.24, 2.45) is 17.8 Å². The molecule has 2 saturated heterocycles. The zero-order chi connectivity index (χ0) is 38.5. The molecule has 4 fully saturated rings. The molecule has 19 heteroatoms. The van der Waals surface area contributed by atoms with E-state index in [0.29, 0.717) is 19.3 Å². The lowest BCUT2D eigenvalue weighted by molar-refractivity contribution is -0.339. The molecule has 0 bridgehead atoms. The van der Waals surface area contributed by atoms with Crippen molar-refractivity contribution in [1.82, 2.24) is 5.32 Å². The van der Waals surface area contributed by atoms with Crippen molar-refractivity contribution in [2.75, 3.05) is 13.7 Å². The predicted octanol–water partition coefficient (Wildman–Crippen LogP) is 0.128. The van der Waals surface area contributed by atoms with Gasteiger partial charge in [0, 0.05) is 0 Å². The highest BCUT2D eigenvalue weighted by Gasteiger charge is 2.54. The van der Waals surface area contributed by atoms with E-state index >= 15 is 0 Å². The third kappa shape index (κ3) is 10.1. The second-order valence-corrected chi connectivity index (χ2v) is 14.2. The lowest BCUT2D eigenvalue weighted by atomic mass is 9.76. The fourth-order valence-corrected chi connectivity index (χ4v) is 7.72. The van der Waals surface area contributed by atoms with Crippen LogP contribution < -0.4 is 5.32 Å². The summed E-state index contributed by atoms with van der Waals surface area (Å²) in [6.07, 6.45) is -20.0. The summed E-state index contributed by atoms with van der Waals surface area (Å²) in [6.45, 7) is 2.26. The molecule has 52 heavy (non-hydrogen) atoms. The molecule has 0 spiro atoms. The molecule has 300 valence electrons. The minimum absolute atomic E-state index is 0.0329. The standard InChI is InChI=1S/C33H52F3NO15/c1-4-16-11-17(29(45)47-3)12-18(26(16)52-31-25(42)24(41)22(39)14(2)48-31)50-30-21(37-32(46)33(34,35)36)27(23(40)20(13-38)51-30)49-19(28(43)44)10-15-8-6-5-7-9-15/h14-27,30-31,38-42H,4-13H2,1-3H3,(H,37,46)(H,43,44)/t14-,16?,17?,18+,19-,20?,21?,22-,23-,24?,25-,26+,27?,30+,31?/m0/s1. The summed E-state index contributed by atoms with van der Waals surface area (Å²) in [5, 5.41) is 64.5. The lowest BCUT2D eigenvalue weighted by Crippen LogP contribution is -2.68. The number of rotatable bonds is 13. The van der Waals surface area contributed by atoms with E-state index in [4.69, 9.17) is 28.4 Å². The molecule has 2 aliphatic carbocycles. The first-order chi connectivity index (χ1) is 24.5. The molecule has 2 saturated carbocycles. The number of methoxy groups -OCH3 is 1. The Kier molecular flexibility index (Phi) is 15.1. The number of esters is 1. The van der Waals surface area contributed by atoms with E-state index in [1.165, 1.54) is 6.92 Å². The number of carboxylic acid groups (broad SMARTS) is 1. The van der Waals surface area contributed by atoms with Crippen LogP contribution in [-0.2, 0) is 42.8 Å². The van der Waals surface area contributed by atoms with Gasteiger partial charge in [0.25, 0.3) is 0 Å². The number of ether oxygens (including phenoxy) is 6. The molecular weight excluding hydrogens is 707 g/mol. The van der Waals surface area contributed by atoms with E-state index in [2.05, 4.69) is 0 Å². The zero-order valence-electron chi connectivity index (χ0n) is 29.3. The third-order valence-corrected chi connectivity index (χ3v) is 10.7. The van der Waals surface area contributed by atoms with Gasteiger partial charge in [0.15, 0.2) is 18.7 Å². The Morgan fingerprint density at radius 1 is 0.904 bits per heavy atom. The number of carboxylic acids is 1. The molecule has 2 aliphatic heterocycles. The van der Waals surface area contributed by atoms with Gasteiger partial charge in [-0.2, -0.15) is 13.2 Å². The Morgan fingerprint density at radius 2 is 1.58 bits per heavy atom. The first-order valence-electron chi connectivity index (χ1n) is 17.8. The molecule has 4 rings (SSSR count). The minimum atomic E-state index is -5.45. The number of nitrogens with one attached hydrogen (secondary N) is 1. The van der Waals surface area contributed by atoms with Crippen LogP contribution in [0.4, 0.5) is 13.2 Å². The molecule has 0 radical (unpaired) electrons.